The van der Waals surface area contributed by atoms with Crippen molar-refractivity contribution in [2.75, 3.05) is 6.61 Å². The van der Waals surface area contributed by atoms with Gasteiger partial charge in [-0.05, 0) is 46.9 Å². The zero-order chi connectivity index (χ0) is 16.6. The van der Waals surface area contributed by atoms with Gasteiger partial charge < -0.3 is 4.74 Å². The highest BCUT2D eigenvalue weighted by Gasteiger charge is 2.06. The molecule has 3 aromatic carbocycles. The summed E-state index contributed by atoms with van der Waals surface area (Å²) in [4.78, 5) is 0. The van der Waals surface area contributed by atoms with Gasteiger partial charge in [-0.1, -0.05) is 79.7 Å². The van der Waals surface area contributed by atoms with Crippen molar-refractivity contribution in [3.63, 3.8) is 0 Å². The van der Waals surface area contributed by atoms with Crippen molar-refractivity contribution in [1.29, 1.82) is 0 Å². The summed E-state index contributed by atoms with van der Waals surface area (Å²) in [6.07, 6.45) is 3.25. The fourth-order valence-electron chi connectivity index (χ4n) is 2.62. The predicted octanol–water partition coefficient (Wildman–Crippen LogP) is 6.06. The first kappa shape index (κ1) is 16.1. The van der Waals surface area contributed by atoms with Crippen molar-refractivity contribution >= 4 is 11.6 Å². The molecule has 0 aromatic heterocycles. The minimum absolute atomic E-state index is 0.755. The smallest absolute Gasteiger partial charge is 0.119 e. The maximum absolute atomic E-state index is 5.69. The van der Waals surface area contributed by atoms with Crippen molar-refractivity contribution < 1.29 is 4.74 Å². The van der Waals surface area contributed by atoms with E-state index in [9.17, 15) is 0 Å². The lowest BCUT2D eigenvalue weighted by atomic mass is 9.95. The normalized spacial score (nSPS) is 11.3. The molecule has 0 radical (unpaired) electrons. The van der Waals surface area contributed by atoms with Gasteiger partial charge in [-0.2, -0.15) is 0 Å². The molecule has 0 aliphatic rings. The van der Waals surface area contributed by atoms with E-state index in [1.807, 2.05) is 24.3 Å². The summed E-state index contributed by atoms with van der Waals surface area (Å²) in [5.41, 5.74) is 4.81. The van der Waals surface area contributed by atoms with Crippen LogP contribution in [0.2, 0.25) is 0 Å². The minimum Gasteiger partial charge on any atom is -0.494 e. The van der Waals surface area contributed by atoms with Crippen LogP contribution < -0.4 is 4.74 Å². The number of benzene rings is 3. The van der Waals surface area contributed by atoms with E-state index in [4.69, 9.17) is 4.74 Å². The number of hydrogen-bond donors (Lipinski definition) is 0. The summed E-state index contributed by atoms with van der Waals surface area (Å²) in [6, 6.07) is 29.3. The van der Waals surface area contributed by atoms with Gasteiger partial charge in [-0.25, -0.2) is 0 Å². The van der Waals surface area contributed by atoms with Crippen molar-refractivity contribution in [3.05, 3.63) is 102 Å². The summed E-state index contributed by atoms with van der Waals surface area (Å²) >= 11 is 0. The summed E-state index contributed by atoms with van der Waals surface area (Å²) in [5, 5.41) is 0. The van der Waals surface area contributed by atoms with Gasteiger partial charge in [0.05, 0.1) is 6.61 Å². The molecule has 3 aromatic rings. The van der Waals surface area contributed by atoms with Gasteiger partial charge in [0.15, 0.2) is 0 Å². The van der Waals surface area contributed by atoms with E-state index in [1.54, 1.807) is 0 Å². The van der Waals surface area contributed by atoms with Crippen LogP contribution in [0.3, 0.4) is 0 Å². The van der Waals surface area contributed by atoms with Gasteiger partial charge >= 0.3 is 0 Å². The molecule has 120 valence electrons. The Labute approximate surface area is 144 Å². The first-order valence-corrected chi connectivity index (χ1v) is 8.42. The Balaban J connectivity index is 1.97. The SMILES string of the molecule is CCCOc1ccc(/C(=C/c2ccccc2)c2ccccc2)cc1. The van der Waals surface area contributed by atoms with Crippen LogP contribution in [0.4, 0.5) is 0 Å². The Hall–Kier alpha value is -2.80. The summed E-state index contributed by atoms with van der Waals surface area (Å²) in [7, 11) is 0. The van der Waals surface area contributed by atoms with E-state index in [0.717, 1.165) is 18.8 Å². The van der Waals surface area contributed by atoms with Gasteiger partial charge in [-0.15, -0.1) is 0 Å². The third-order valence-corrected chi connectivity index (χ3v) is 3.83. The third kappa shape index (κ3) is 4.14. The quantitative estimate of drug-likeness (QED) is 0.502. The molecule has 1 nitrogen and oxygen atoms in total. The molecule has 0 bridgehead atoms. The van der Waals surface area contributed by atoms with E-state index in [1.165, 1.54) is 22.3 Å². The molecule has 0 aliphatic carbocycles. The molecule has 0 unspecified atom stereocenters. The standard InChI is InChI=1S/C23H22O/c1-2-17-24-22-15-13-21(14-16-22)23(20-11-7-4-8-12-20)18-19-9-5-3-6-10-19/h3-16,18H,2,17H2,1H3/b23-18+. The van der Waals surface area contributed by atoms with Crippen LogP contribution in [0.1, 0.15) is 30.0 Å². The first-order valence-electron chi connectivity index (χ1n) is 8.42. The molecule has 0 heterocycles. The fourth-order valence-corrected chi connectivity index (χ4v) is 2.62. The van der Waals surface area contributed by atoms with E-state index in [0.29, 0.717) is 0 Å². The molecule has 0 spiro atoms. The van der Waals surface area contributed by atoms with Gasteiger partial charge in [0.2, 0.25) is 0 Å². The molecule has 0 atom stereocenters. The monoisotopic (exact) mass is 314 g/mol. The molecule has 3 rings (SSSR count). The van der Waals surface area contributed by atoms with Gasteiger partial charge in [-0.3, -0.25) is 0 Å². The summed E-state index contributed by atoms with van der Waals surface area (Å²) < 4.78 is 5.69. The van der Waals surface area contributed by atoms with E-state index in [-0.39, 0.29) is 0 Å². The highest BCUT2D eigenvalue weighted by Crippen LogP contribution is 2.27. The first-order chi connectivity index (χ1) is 11.9. The molecule has 0 saturated heterocycles. The second-order valence-corrected chi connectivity index (χ2v) is 5.71. The average Bonchev–Trinajstić information content (AvgIpc) is 2.66. The van der Waals surface area contributed by atoms with Crippen molar-refractivity contribution in [2.24, 2.45) is 0 Å². The second-order valence-electron chi connectivity index (χ2n) is 5.71. The lowest BCUT2D eigenvalue weighted by Crippen LogP contribution is -1.95. The van der Waals surface area contributed by atoms with Crippen molar-refractivity contribution in [2.45, 2.75) is 13.3 Å². The van der Waals surface area contributed by atoms with Crippen LogP contribution in [0.5, 0.6) is 5.75 Å². The predicted molar refractivity (Wildman–Crippen MR) is 102 cm³/mol. The Kier molecular flexibility index (Phi) is 5.47. The Morgan fingerprint density at radius 3 is 1.96 bits per heavy atom. The molecular formula is C23H22O. The van der Waals surface area contributed by atoms with Crippen LogP contribution in [-0.2, 0) is 0 Å². The number of rotatable bonds is 6. The van der Waals surface area contributed by atoms with E-state index in [2.05, 4.69) is 73.7 Å². The molecule has 0 saturated carbocycles. The zero-order valence-corrected chi connectivity index (χ0v) is 14.0. The Bertz CT molecular complexity index is 771. The van der Waals surface area contributed by atoms with Crippen LogP contribution in [-0.4, -0.2) is 6.61 Å². The van der Waals surface area contributed by atoms with Crippen molar-refractivity contribution in [1.82, 2.24) is 0 Å². The largest absolute Gasteiger partial charge is 0.494 e. The average molecular weight is 314 g/mol. The van der Waals surface area contributed by atoms with Crippen LogP contribution in [0.15, 0.2) is 84.9 Å². The molecular weight excluding hydrogens is 292 g/mol. The van der Waals surface area contributed by atoms with Gasteiger partial charge in [0, 0.05) is 0 Å². The van der Waals surface area contributed by atoms with Gasteiger partial charge in [0.25, 0.3) is 0 Å². The highest BCUT2D eigenvalue weighted by atomic mass is 16.5. The summed E-state index contributed by atoms with van der Waals surface area (Å²) in [5.74, 6) is 0.924. The van der Waals surface area contributed by atoms with Crippen molar-refractivity contribution in [3.8, 4) is 5.75 Å². The molecule has 1 heteroatoms. The second kappa shape index (κ2) is 8.16. The minimum atomic E-state index is 0.755. The van der Waals surface area contributed by atoms with E-state index < -0.39 is 0 Å². The number of hydrogen-bond acceptors (Lipinski definition) is 1. The molecule has 0 N–H and O–H groups in total. The third-order valence-electron chi connectivity index (χ3n) is 3.83. The molecule has 0 fully saturated rings. The lowest BCUT2D eigenvalue weighted by Gasteiger charge is -2.11. The van der Waals surface area contributed by atoms with E-state index >= 15 is 0 Å². The number of ether oxygens (including phenoxy) is 1. The molecule has 0 aliphatic heterocycles. The maximum Gasteiger partial charge on any atom is 0.119 e. The Morgan fingerprint density at radius 2 is 1.33 bits per heavy atom. The van der Waals surface area contributed by atoms with Crippen LogP contribution in [0.25, 0.3) is 11.6 Å². The fraction of sp³-hybridized carbons (Fsp3) is 0.130. The topological polar surface area (TPSA) is 9.23 Å². The summed E-state index contributed by atoms with van der Waals surface area (Å²) in [6.45, 7) is 2.87. The maximum atomic E-state index is 5.69. The zero-order valence-electron chi connectivity index (χ0n) is 14.0. The van der Waals surface area contributed by atoms with Crippen LogP contribution in [0, 0.1) is 0 Å². The molecule has 24 heavy (non-hydrogen) atoms. The highest BCUT2D eigenvalue weighted by molar-refractivity contribution is 5.91. The van der Waals surface area contributed by atoms with Gasteiger partial charge in [0.1, 0.15) is 5.75 Å². The lowest BCUT2D eigenvalue weighted by molar-refractivity contribution is 0.317. The van der Waals surface area contributed by atoms with Crippen LogP contribution >= 0.6 is 0 Å². The Morgan fingerprint density at radius 1 is 0.750 bits per heavy atom. The molecule has 0 amide bonds.